The highest BCUT2D eigenvalue weighted by atomic mass is 15.0. The molecule has 0 amide bonds. The van der Waals surface area contributed by atoms with Crippen LogP contribution in [0.2, 0.25) is 0 Å². The fourth-order valence-electron chi connectivity index (χ4n) is 2.44. The maximum absolute atomic E-state index is 4.72. The molecule has 0 unspecified atom stereocenters. The van der Waals surface area contributed by atoms with E-state index in [0.717, 1.165) is 30.9 Å². The van der Waals surface area contributed by atoms with Crippen LogP contribution in [0.1, 0.15) is 29.4 Å². The molecule has 3 rings (SSSR count). The lowest BCUT2D eigenvalue weighted by Gasteiger charge is -2.08. The molecule has 0 saturated carbocycles. The Balaban J connectivity index is 2.13. The SMILES string of the molecule is CCc1nc(-c2cccc(C)c2)nc2c1CNC2. The van der Waals surface area contributed by atoms with E-state index < -0.39 is 0 Å². The first-order chi connectivity index (χ1) is 8.78. The van der Waals surface area contributed by atoms with Crippen molar-refractivity contribution in [2.45, 2.75) is 33.4 Å². The quantitative estimate of drug-likeness (QED) is 0.875. The van der Waals surface area contributed by atoms with Gasteiger partial charge >= 0.3 is 0 Å². The number of fused-ring (bicyclic) bond motifs is 1. The van der Waals surface area contributed by atoms with E-state index in [1.54, 1.807) is 0 Å². The van der Waals surface area contributed by atoms with Crippen LogP contribution < -0.4 is 5.32 Å². The van der Waals surface area contributed by atoms with Crippen LogP contribution in [0.4, 0.5) is 0 Å². The van der Waals surface area contributed by atoms with Crippen molar-refractivity contribution in [1.29, 1.82) is 0 Å². The first-order valence-corrected chi connectivity index (χ1v) is 6.44. The van der Waals surface area contributed by atoms with Crippen molar-refractivity contribution in [3.05, 3.63) is 46.8 Å². The number of hydrogen-bond donors (Lipinski definition) is 1. The molecule has 2 heterocycles. The second-order valence-corrected chi connectivity index (χ2v) is 4.75. The maximum atomic E-state index is 4.72. The smallest absolute Gasteiger partial charge is 0.159 e. The number of aryl methyl sites for hydroxylation is 2. The van der Waals surface area contributed by atoms with Gasteiger partial charge in [0.25, 0.3) is 0 Å². The van der Waals surface area contributed by atoms with E-state index >= 15 is 0 Å². The first kappa shape index (κ1) is 11.4. The molecule has 1 aliphatic rings. The molecule has 1 N–H and O–H groups in total. The average molecular weight is 239 g/mol. The molecule has 3 nitrogen and oxygen atoms in total. The number of nitrogens with one attached hydrogen (secondary N) is 1. The van der Waals surface area contributed by atoms with Crippen LogP contribution in [-0.2, 0) is 19.5 Å². The minimum Gasteiger partial charge on any atom is -0.307 e. The second kappa shape index (κ2) is 4.50. The van der Waals surface area contributed by atoms with Crippen molar-refractivity contribution in [3.63, 3.8) is 0 Å². The van der Waals surface area contributed by atoms with E-state index in [1.165, 1.54) is 22.5 Å². The monoisotopic (exact) mass is 239 g/mol. The topological polar surface area (TPSA) is 37.8 Å². The van der Waals surface area contributed by atoms with Gasteiger partial charge in [0.15, 0.2) is 5.82 Å². The summed E-state index contributed by atoms with van der Waals surface area (Å²) in [6, 6.07) is 8.38. The summed E-state index contributed by atoms with van der Waals surface area (Å²) in [5, 5.41) is 3.35. The first-order valence-electron chi connectivity index (χ1n) is 6.44. The van der Waals surface area contributed by atoms with Gasteiger partial charge in [0.1, 0.15) is 0 Å². The predicted octanol–water partition coefficient (Wildman–Crippen LogP) is 2.62. The Kier molecular flexibility index (Phi) is 2.84. The second-order valence-electron chi connectivity index (χ2n) is 4.75. The van der Waals surface area contributed by atoms with Gasteiger partial charge in [0.05, 0.1) is 5.69 Å². The Hall–Kier alpha value is -1.74. The molecule has 3 heteroatoms. The van der Waals surface area contributed by atoms with Crippen LogP contribution in [0.25, 0.3) is 11.4 Å². The molecule has 92 valence electrons. The molecule has 0 fully saturated rings. The third kappa shape index (κ3) is 1.91. The van der Waals surface area contributed by atoms with Crippen molar-refractivity contribution >= 4 is 0 Å². The molecule has 0 radical (unpaired) electrons. The van der Waals surface area contributed by atoms with E-state index in [1.807, 2.05) is 0 Å². The van der Waals surface area contributed by atoms with Gasteiger partial charge in [-0.3, -0.25) is 0 Å². The summed E-state index contributed by atoms with van der Waals surface area (Å²) in [6.45, 7) is 6.02. The summed E-state index contributed by atoms with van der Waals surface area (Å²) in [5.74, 6) is 0.859. The van der Waals surface area contributed by atoms with Gasteiger partial charge < -0.3 is 5.32 Å². The Bertz CT molecular complexity index is 590. The van der Waals surface area contributed by atoms with Gasteiger partial charge in [-0.25, -0.2) is 9.97 Å². The van der Waals surface area contributed by atoms with Gasteiger partial charge in [-0.05, 0) is 19.4 Å². The van der Waals surface area contributed by atoms with Crippen LogP contribution in [0, 0.1) is 6.92 Å². The fourth-order valence-corrected chi connectivity index (χ4v) is 2.44. The van der Waals surface area contributed by atoms with Gasteiger partial charge in [0.2, 0.25) is 0 Å². The molecule has 1 aromatic heterocycles. The zero-order valence-corrected chi connectivity index (χ0v) is 10.8. The minimum atomic E-state index is 0.859. The molecular weight excluding hydrogens is 222 g/mol. The summed E-state index contributed by atoms with van der Waals surface area (Å²) >= 11 is 0. The van der Waals surface area contributed by atoms with Crippen molar-refractivity contribution in [2.75, 3.05) is 0 Å². The average Bonchev–Trinajstić information content (AvgIpc) is 2.85. The molecule has 18 heavy (non-hydrogen) atoms. The van der Waals surface area contributed by atoms with E-state index in [4.69, 9.17) is 9.97 Å². The van der Waals surface area contributed by atoms with Gasteiger partial charge in [-0.15, -0.1) is 0 Å². The lowest BCUT2D eigenvalue weighted by atomic mass is 10.1. The molecular formula is C15H17N3. The van der Waals surface area contributed by atoms with Crippen LogP contribution in [0.15, 0.2) is 24.3 Å². The number of aromatic nitrogens is 2. The summed E-state index contributed by atoms with van der Waals surface area (Å²) in [7, 11) is 0. The largest absolute Gasteiger partial charge is 0.307 e. The van der Waals surface area contributed by atoms with Gasteiger partial charge in [0, 0.05) is 29.9 Å². The number of rotatable bonds is 2. The van der Waals surface area contributed by atoms with Crippen LogP contribution in [-0.4, -0.2) is 9.97 Å². The lowest BCUT2D eigenvalue weighted by Crippen LogP contribution is -2.02. The Morgan fingerprint density at radius 2 is 2.11 bits per heavy atom. The predicted molar refractivity (Wildman–Crippen MR) is 72.1 cm³/mol. The van der Waals surface area contributed by atoms with Crippen LogP contribution in [0.3, 0.4) is 0 Å². The normalized spacial score (nSPS) is 13.7. The molecule has 0 bridgehead atoms. The highest BCUT2D eigenvalue weighted by Gasteiger charge is 2.18. The van der Waals surface area contributed by atoms with Crippen LogP contribution >= 0.6 is 0 Å². The summed E-state index contributed by atoms with van der Waals surface area (Å²) in [6.07, 6.45) is 0.964. The molecule has 0 saturated heterocycles. The molecule has 2 aromatic rings. The van der Waals surface area contributed by atoms with E-state index in [2.05, 4.69) is 43.4 Å². The van der Waals surface area contributed by atoms with Crippen molar-refractivity contribution in [1.82, 2.24) is 15.3 Å². The Morgan fingerprint density at radius 3 is 2.89 bits per heavy atom. The fraction of sp³-hybridized carbons (Fsp3) is 0.333. The van der Waals surface area contributed by atoms with Crippen molar-refractivity contribution in [2.24, 2.45) is 0 Å². The maximum Gasteiger partial charge on any atom is 0.159 e. The molecule has 0 aliphatic carbocycles. The van der Waals surface area contributed by atoms with Crippen LogP contribution in [0.5, 0.6) is 0 Å². The van der Waals surface area contributed by atoms with Crippen molar-refractivity contribution in [3.8, 4) is 11.4 Å². The highest BCUT2D eigenvalue weighted by Crippen LogP contribution is 2.23. The van der Waals surface area contributed by atoms with Crippen molar-refractivity contribution < 1.29 is 0 Å². The minimum absolute atomic E-state index is 0.859. The van der Waals surface area contributed by atoms with E-state index in [9.17, 15) is 0 Å². The number of hydrogen-bond acceptors (Lipinski definition) is 3. The summed E-state index contributed by atoms with van der Waals surface area (Å²) < 4.78 is 0. The summed E-state index contributed by atoms with van der Waals surface area (Å²) in [5.41, 5.74) is 6.00. The third-order valence-electron chi connectivity index (χ3n) is 3.38. The van der Waals surface area contributed by atoms with E-state index in [0.29, 0.717) is 0 Å². The molecule has 0 atom stereocenters. The Labute approximate surface area is 107 Å². The Morgan fingerprint density at radius 1 is 1.22 bits per heavy atom. The summed E-state index contributed by atoms with van der Waals surface area (Å²) in [4.78, 5) is 9.42. The van der Waals surface area contributed by atoms with E-state index in [-0.39, 0.29) is 0 Å². The van der Waals surface area contributed by atoms with Gasteiger partial charge in [-0.1, -0.05) is 30.7 Å². The third-order valence-corrected chi connectivity index (χ3v) is 3.38. The van der Waals surface area contributed by atoms with Gasteiger partial charge in [-0.2, -0.15) is 0 Å². The molecule has 1 aromatic carbocycles. The number of nitrogens with zero attached hydrogens (tertiary/aromatic N) is 2. The lowest BCUT2D eigenvalue weighted by molar-refractivity contribution is 0.755. The zero-order valence-electron chi connectivity index (χ0n) is 10.8. The standard InChI is InChI=1S/C15H17N3/c1-3-13-12-8-16-9-14(12)18-15(17-13)11-6-4-5-10(2)7-11/h4-7,16H,3,8-9H2,1-2H3. The molecule has 1 aliphatic heterocycles. The molecule has 0 spiro atoms. The number of benzene rings is 1. The highest BCUT2D eigenvalue weighted by molar-refractivity contribution is 5.57. The zero-order chi connectivity index (χ0) is 12.5.